The fourth-order valence-corrected chi connectivity index (χ4v) is 4.20. The van der Waals surface area contributed by atoms with E-state index < -0.39 is 14.8 Å². The Hall–Kier alpha value is -0.530. The average Bonchev–Trinajstić information content (AvgIpc) is 2.37. The van der Waals surface area contributed by atoms with Crippen LogP contribution in [-0.4, -0.2) is 55.5 Å². The van der Waals surface area contributed by atoms with Crippen LogP contribution in [0.4, 0.5) is 4.79 Å². The zero-order valence-corrected chi connectivity index (χ0v) is 15.0. The van der Waals surface area contributed by atoms with Crippen molar-refractivity contribution in [3.63, 3.8) is 0 Å². The molecule has 8 heteroatoms. The molecule has 128 valence electrons. The molecule has 2 heterocycles. The van der Waals surface area contributed by atoms with Crippen LogP contribution in [-0.2, 0) is 14.0 Å². The van der Waals surface area contributed by atoms with Crippen molar-refractivity contribution in [1.82, 2.24) is 9.21 Å². The maximum absolute atomic E-state index is 12.1. The summed E-state index contributed by atoms with van der Waals surface area (Å²) in [6.07, 6.45) is 3.13. The molecule has 0 aromatic carbocycles. The second-order valence-electron chi connectivity index (χ2n) is 7.31. The van der Waals surface area contributed by atoms with Gasteiger partial charge in [-0.15, -0.1) is 0 Å². The molecule has 2 aliphatic rings. The second-order valence-corrected chi connectivity index (χ2v) is 9.82. The van der Waals surface area contributed by atoms with Crippen molar-refractivity contribution < 1.29 is 17.9 Å². The Morgan fingerprint density at radius 3 is 1.91 bits per heavy atom. The number of carbonyl (C=O) groups excluding carboxylic acids is 1. The summed E-state index contributed by atoms with van der Waals surface area (Å²) < 4.78 is 29.4. The van der Waals surface area contributed by atoms with E-state index in [0.717, 1.165) is 25.7 Å². The van der Waals surface area contributed by atoms with E-state index >= 15 is 0 Å². The third-order valence-corrected chi connectivity index (χ3v) is 6.13. The number of nitrogens with zero attached hydrogens (tertiary/aromatic N) is 2. The van der Waals surface area contributed by atoms with E-state index in [2.05, 4.69) is 0 Å². The topological polar surface area (TPSA) is 66.9 Å². The summed E-state index contributed by atoms with van der Waals surface area (Å²) in [6, 6.07) is 0. The minimum atomic E-state index is -3.60. The monoisotopic (exact) mass is 352 g/mol. The van der Waals surface area contributed by atoms with Gasteiger partial charge in [-0.05, 0) is 51.9 Å². The van der Waals surface area contributed by atoms with E-state index in [1.807, 2.05) is 20.8 Å². The molecule has 0 saturated carbocycles. The first-order valence-corrected chi connectivity index (χ1v) is 9.95. The minimum absolute atomic E-state index is 0.136. The van der Waals surface area contributed by atoms with Crippen LogP contribution in [0.25, 0.3) is 0 Å². The molecular formula is C14H25ClN2O4S. The molecule has 2 saturated heterocycles. The molecule has 22 heavy (non-hydrogen) atoms. The van der Waals surface area contributed by atoms with E-state index in [4.69, 9.17) is 15.4 Å². The number of hydrogen-bond donors (Lipinski definition) is 0. The van der Waals surface area contributed by atoms with E-state index in [1.54, 1.807) is 4.90 Å². The van der Waals surface area contributed by atoms with Crippen LogP contribution in [0, 0.1) is 5.41 Å². The van der Waals surface area contributed by atoms with Gasteiger partial charge < -0.3 is 9.64 Å². The van der Waals surface area contributed by atoms with Crippen molar-refractivity contribution in [3.05, 3.63) is 0 Å². The number of hydrogen-bond acceptors (Lipinski definition) is 4. The zero-order chi connectivity index (χ0) is 16.6. The lowest BCUT2D eigenvalue weighted by molar-refractivity contribution is 0.00269. The lowest BCUT2D eigenvalue weighted by Crippen LogP contribution is -2.49. The molecule has 2 rings (SSSR count). The van der Waals surface area contributed by atoms with Crippen molar-refractivity contribution in [3.8, 4) is 0 Å². The van der Waals surface area contributed by atoms with Gasteiger partial charge in [-0.25, -0.2) is 4.79 Å². The highest BCUT2D eigenvalue weighted by molar-refractivity contribution is 8.11. The van der Waals surface area contributed by atoms with Gasteiger partial charge in [-0.1, -0.05) is 0 Å². The number of piperidine rings is 2. The predicted molar refractivity (Wildman–Crippen MR) is 85.1 cm³/mol. The van der Waals surface area contributed by atoms with Crippen molar-refractivity contribution in [2.45, 2.75) is 52.1 Å². The Morgan fingerprint density at radius 2 is 1.50 bits per heavy atom. The van der Waals surface area contributed by atoms with E-state index in [1.165, 1.54) is 4.31 Å². The summed E-state index contributed by atoms with van der Waals surface area (Å²) in [5, 5.41) is 0. The Labute approximate surface area is 137 Å². The van der Waals surface area contributed by atoms with Gasteiger partial charge in [0.05, 0.1) is 0 Å². The molecule has 0 atom stereocenters. The molecule has 2 fully saturated rings. The van der Waals surface area contributed by atoms with Crippen LogP contribution >= 0.6 is 10.7 Å². The number of amides is 1. The first-order chi connectivity index (χ1) is 10.0. The van der Waals surface area contributed by atoms with Crippen LogP contribution in [0.5, 0.6) is 0 Å². The SMILES string of the molecule is CC(C)(C)OC(=O)N1CCC2(CC1)CCN(S(=O)(=O)Cl)CC2. The summed E-state index contributed by atoms with van der Waals surface area (Å²) in [5.74, 6) is 0. The quantitative estimate of drug-likeness (QED) is 0.680. The maximum Gasteiger partial charge on any atom is 0.410 e. The second kappa shape index (κ2) is 6.17. The summed E-state index contributed by atoms with van der Waals surface area (Å²) in [5.41, 5.74) is -0.344. The van der Waals surface area contributed by atoms with Gasteiger partial charge in [-0.3, -0.25) is 0 Å². The van der Waals surface area contributed by atoms with Crippen molar-refractivity contribution in [2.75, 3.05) is 26.2 Å². The zero-order valence-electron chi connectivity index (χ0n) is 13.5. The van der Waals surface area contributed by atoms with E-state index in [-0.39, 0.29) is 11.5 Å². The van der Waals surface area contributed by atoms with Gasteiger partial charge in [0.1, 0.15) is 5.60 Å². The predicted octanol–water partition coefficient (Wildman–Crippen LogP) is 2.58. The lowest BCUT2D eigenvalue weighted by atomic mass is 9.72. The van der Waals surface area contributed by atoms with Gasteiger partial charge in [0.2, 0.25) is 0 Å². The Balaban J connectivity index is 1.87. The highest BCUT2D eigenvalue weighted by atomic mass is 35.7. The van der Waals surface area contributed by atoms with Crippen LogP contribution in [0.15, 0.2) is 0 Å². The van der Waals surface area contributed by atoms with Gasteiger partial charge in [0.15, 0.2) is 0 Å². The maximum atomic E-state index is 12.1. The Kier molecular flexibility index (Phi) is 5.00. The third-order valence-electron chi connectivity index (χ3n) is 4.57. The molecule has 0 unspecified atom stereocenters. The molecule has 0 radical (unpaired) electrons. The van der Waals surface area contributed by atoms with Gasteiger partial charge >= 0.3 is 6.09 Å². The minimum Gasteiger partial charge on any atom is -0.444 e. The summed E-state index contributed by atoms with van der Waals surface area (Å²) in [6.45, 7) is 7.86. The molecule has 0 aromatic heterocycles. The molecule has 0 aromatic rings. The number of ether oxygens (including phenoxy) is 1. The number of rotatable bonds is 1. The van der Waals surface area contributed by atoms with E-state index in [9.17, 15) is 13.2 Å². The van der Waals surface area contributed by atoms with Gasteiger partial charge in [0.25, 0.3) is 9.24 Å². The number of likely N-dealkylation sites (tertiary alicyclic amines) is 1. The molecule has 0 bridgehead atoms. The third kappa shape index (κ3) is 4.49. The molecular weight excluding hydrogens is 328 g/mol. The first-order valence-electron chi connectivity index (χ1n) is 7.69. The molecule has 0 N–H and O–H groups in total. The van der Waals surface area contributed by atoms with E-state index in [0.29, 0.717) is 26.2 Å². The summed E-state index contributed by atoms with van der Waals surface area (Å²) >= 11 is 0. The van der Waals surface area contributed by atoms with Gasteiger partial charge in [-0.2, -0.15) is 12.7 Å². The highest BCUT2D eigenvalue weighted by Crippen LogP contribution is 2.42. The van der Waals surface area contributed by atoms with Crippen LogP contribution in [0.1, 0.15) is 46.5 Å². The molecule has 1 spiro atoms. The van der Waals surface area contributed by atoms with Crippen LogP contribution < -0.4 is 0 Å². The smallest absolute Gasteiger partial charge is 0.410 e. The Bertz CT molecular complexity index is 511. The van der Waals surface area contributed by atoms with Crippen LogP contribution in [0.2, 0.25) is 0 Å². The van der Waals surface area contributed by atoms with Crippen molar-refractivity contribution >= 4 is 26.0 Å². The number of carbonyl (C=O) groups is 1. The average molecular weight is 353 g/mol. The Morgan fingerprint density at radius 1 is 1.05 bits per heavy atom. The van der Waals surface area contributed by atoms with Crippen LogP contribution in [0.3, 0.4) is 0 Å². The molecule has 1 amide bonds. The standard InChI is InChI=1S/C14H25ClN2O4S/c1-13(2,3)21-12(18)16-8-4-14(5-9-16)6-10-17(11-7-14)22(15,19)20/h4-11H2,1-3H3. The lowest BCUT2D eigenvalue weighted by Gasteiger charge is -2.46. The van der Waals surface area contributed by atoms with Gasteiger partial charge in [0, 0.05) is 36.9 Å². The fourth-order valence-electron chi connectivity index (χ4n) is 3.17. The molecule has 2 aliphatic heterocycles. The van der Waals surface area contributed by atoms with Crippen molar-refractivity contribution in [1.29, 1.82) is 0 Å². The first kappa shape index (κ1) is 17.8. The normalized spacial score (nSPS) is 23.5. The van der Waals surface area contributed by atoms with Crippen molar-refractivity contribution in [2.24, 2.45) is 5.41 Å². The highest BCUT2D eigenvalue weighted by Gasteiger charge is 2.41. The summed E-state index contributed by atoms with van der Waals surface area (Å²) in [7, 11) is 1.79. The fraction of sp³-hybridized carbons (Fsp3) is 0.929. The molecule has 0 aliphatic carbocycles. The largest absolute Gasteiger partial charge is 0.444 e. The summed E-state index contributed by atoms with van der Waals surface area (Å²) in [4.78, 5) is 13.8. The molecule has 6 nitrogen and oxygen atoms in total. The number of halogens is 1.